The summed E-state index contributed by atoms with van der Waals surface area (Å²) >= 11 is 3.12. The van der Waals surface area contributed by atoms with Gasteiger partial charge in [0.05, 0.1) is 11.3 Å². The Morgan fingerprint density at radius 2 is 1.90 bits per heavy atom. The average molecular weight is 361 g/mol. The number of para-hydroxylation sites is 2. The third-order valence-electron chi connectivity index (χ3n) is 2.35. The first-order valence-electron chi connectivity index (χ1n) is 5.63. The van der Waals surface area contributed by atoms with Crippen LogP contribution in [0.5, 0.6) is 5.75 Å². The lowest BCUT2D eigenvalue weighted by molar-refractivity contribution is -0.274. The molecule has 0 aliphatic carbocycles. The number of halogens is 4. The molecule has 1 heterocycles. The smallest absolute Gasteiger partial charge is 0.404 e. The van der Waals surface area contributed by atoms with Crippen LogP contribution >= 0.6 is 15.9 Å². The Morgan fingerprint density at radius 3 is 2.52 bits per heavy atom. The van der Waals surface area contributed by atoms with Gasteiger partial charge in [-0.3, -0.25) is 4.79 Å². The second-order valence-corrected chi connectivity index (χ2v) is 4.68. The van der Waals surface area contributed by atoms with Gasteiger partial charge in [0, 0.05) is 6.20 Å². The second-order valence-electron chi connectivity index (χ2n) is 3.87. The Morgan fingerprint density at radius 1 is 1.19 bits per heavy atom. The van der Waals surface area contributed by atoms with Crippen LogP contribution in [-0.4, -0.2) is 17.3 Å². The van der Waals surface area contributed by atoms with Crippen LogP contribution in [0.3, 0.4) is 0 Å². The third-order valence-corrected chi connectivity index (χ3v) is 2.82. The average Bonchev–Trinajstić information content (AvgIpc) is 2.40. The fourth-order valence-corrected chi connectivity index (χ4v) is 1.72. The van der Waals surface area contributed by atoms with Crippen molar-refractivity contribution in [2.75, 3.05) is 5.32 Å². The molecule has 0 saturated heterocycles. The van der Waals surface area contributed by atoms with Crippen LogP contribution in [0.25, 0.3) is 0 Å². The summed E-state index contributed by atoms with van der Waals surface area (Å²) in [6.07, 6.45) is -3.54. The number of hydrogen-bond donors (Lipinski definition) is 1. The van der Waals surface area contributed by atoms with Crippen molar-refractivity contribution in [1.29, 1.82) is 0 Å². The lowest BCUT2D eigenvalue weighted by atomic mass is 10.2. The van der Waals surface area contributed by atoms with Crippen LogP contribution in [0.2, 0.25) is 0 Å². The monoisotopic (exact) mass is 360 g/mol. The molecule has 110 valence electrons. The van der Waals surface area contributed by atoms with E-state index in [2.05, 4.69) is 31.0 Å². The molecule has 0 saturated carbocycles. The van der Waals surface area contributed by atoms with Crippen LogP contribution < -0.4 is 10.1 Å². The fourth-order valence-electron chi connectivity index (χ4n) is 1.49. The van der Waals surface area contributed by atoms with Crippen molar-refractivity contribution in [1.82, 2.24) is 4.98 Å². The number of nitrogens with one attached hydrogen (secondary N) is 1. The molecule has 1 N–H and O–H groups in total. The van der Waals surface area contributed by atoms with Gasteiger partial charge in [-0.05, 0) is 40.2 Å². The molecule has 1 aromatic heterocycles. The number of ether oxygens (including phenoxy) is 1. The van der Waals surface area contributed by atoms with Gasteiger partial charge in [-0.1, -0.05) is 12.1 Å². The quantitative estimate of drug-likeness (QED) is 0.841. The second kappa shape index (κ2) is 6.13. The minimum atomic E-state index is -4.83. The first kappa shape index (κ1) is 15.3. The molecule has 0 aliphatic heterocycles. The summed E-state index contributed by atoms with van der Waals surface area (Å²) in [6, 6.07) is 8.32. The zero-order valence-electron chi connectivity index (χ0n) is 10.3. The summed E-state index contributed by atoms with van der Waals surface area (Å²) in [5.41, 5.74) is 0.128. The molecule has 1 aromatic carbocycles. The normalized spacial score (nSPS) is 11.0. The number of hydrogen-bond acceptors (Lipinski definition) is 3. The van der Waals surface area contributed by atoms with Gasteiger partial charge in [0.1, 0.15) is 4.60 Å². The number of amides is 1. The number of carbonyl (C=O) groups is 1. The molecule has 8 heteroatoms. The molecule has 0 aliphatic rings. The van der Waals surface area contributed by atoms with E-state index in [4.69, 9.17) is 0 Å². The summed E-state index contributed by atoms with van der Waals surface area (Å²) in [7, 11) is 0. The Kier molecular flexibility index (Phi) is 4.46. The summed E-state index contributed by atoms with van der Waals surface area (Å²) in [6.45, 7) is 0. The van der Waals surface area contributed by atoms with Crippen LogP contribution in [0.4, 0.5) is 18.9 Å². The maximum Gasteiger partial charge on any atom is 0.573 e. The third kappa shape index (κ3) is 4.45. The SMILES string of the molecule is O=C(Nc1ccccc1OC(F)(F)F)c1ccc(Br)nc1. The van der Waals surface area contributed by atoms with Gasteiger partial charge in [-0.2, -0.15) is 0 Å². The van der Waals surface area contributed by atoms with E-state index in [1.54, 1.807) is 6.07 Å². The van der Waals surface area contributed by atoms with Crippen molar-refractivity contribution in [3.05, 3.63) is 52.8 Å². The number of rotatable bonds is 3. The van der Waals surface area contributed by atoms with E-state index in [1.807, 2.05) is 0 Å². The molecule has 0 fully saturated rings. The zero-order valence-corrected chi connectivity index (χ0v) is 11.9. The predicted molar refractivity (Wildman–Crippen MR) is 73.0 cm³/mol. The molecule has 21 heavy (non-hydrogen) atoms. The number of anilines is 1. The Labute approximate surface area is 126 Å². The highest BCUT2D eigenvalue weighted by molar-refractivity contribution is 9.10. The minimum absolute atomic E-state index is 0.0808. The van der Waals surface area contributed by atoms with Gasteiger partial charge in [0.2, 0.25) is 0 Å². The van der Waals surface area contributed by atoms with Crippen molar-refractivity contribution >= 4 is 27.5 Å². The first-order chi connectivity index (χ1) is 9.85. The summed E-state index contributed by atoms with van der Waals surface area (Å²) in [5, 5.41) is 2.35. The number of aromatic nitrogens is 1. The molecule has 0 bridgehead atoms. The highest BCUT2D eigenvalue weighted by Gasteiger charge is 2.32. The van der Waals surface area contributed by atoms with Crippen LogP contribution in [-0.2, 0) is 0 Å². The van der Waals surface area contributed by atoms with Crippen LogP contribution in [0.15, 0.2) is 47.2 Å². The van der Waals surface area contributed by atoms with Crippen molar-refractivity contribution < 1.29 is 22.7 Å². The maximum absolute atomic E-state index is 12.3. The molecule has 0 atom stereocenters. The van der Waals surface area contributed by atoms with Crippen molar-refractivity contribution in [3.8, 4) is 5.75 Å². The van der Waals surface area contributed by atoms with E-state index in [0.717, 1.165) is 6.07 Å². The highest BCUT2D eigenvalue weighted by Crippen LogP contribution is 2.30. The van der Waals surface area contributed by atoms with Gasteiger partial charge in [-0.25, -0.2) is 4.98 Å². The lowest BCUT2D eigenvalue weighted by Gasteiger charge is -2.13. The lowest BCUT2D eigenvalue weighted by Crippen LogP contribution is -2.19. The van der Waals surface area contributed by atoms with Gasteiger partial charge >= 0.3 is 6.36 Å². The molecule has 2 aromatic rings. The summed E-state index contributed by atoms with van der Waals surface area (Å²) in [5.74, 6) is -1.07. The molecule has 2 rings (SSSR count). The van der Waals surface area contributed by atoms with Crippen LogP contribution in [0.1, 0.15) is 10.4 Å². The molecule has 0 radical (unpaired) electrons. The van der Waals surface area contributed by atoms with Crippen LogP contribution in [0, 0.1) is 0 Å². The molecular weight excluding hydrogens is 353 g/mol. The van der Waals surface area contributed by atoms with E-state index in [1.165, 1.54) is 30.5 Å². The number of nitrogens with zero attached hydrogens (tertiary/aromatic N) is 1. The molecule has 4 nitrogen and oxygen atoms in total. The minimum Gasteiger partial charge on any atom is -0.404 e. The summed E-state index contributed by atoms with van der Waals surface area (Å²) < 4.78 is 41.2. The van der Waals surface area contributed by atoms with Gasteiger partial charge in [0.25, 0.3) is 5.91 Å². The fraction of sp³-hybridized carbons (Fsp3) is 0.0769. The Bertz CT molecular complexity index is 645. The van der Waals surface area contributed by atoms with Crippen molar-refractivity contribution in [2.45, 2.75) is 6.36 Å². The molecule has 0 unspecified atom stereocenters. The standard InChI is InChI=1S/C13H8BrF3N2O2/c14-11-6-5-8(7-18-11)12(20)19-9-3-1-2-4-10(9)21-13(15,16)17/h1-7H,(H,19,20). The molecule has 1 amide bonds. The Balaban J connectivity index is 2.19. The molecule has 0 spiro atoms. The largest absolute Gasteiger partial charge is 0.573 e. The van der Waals surface area contributed by atoms with E-state index >= 15 is 0 Å². The number of carbonyl (C=O) groups excluding carboxylic acids is 1. The first-order valence-corrected chi connectivity index (χ1v) is 6.42. The van der Waals surface area contributed by atoms with E-state index in [0.29, 0.717) is 4.60 Å². The zero-order chi connectivity index (χ0) is 15.5. The van der Waals surface area contributed by atoms with E-state index in [9.17, 15) is 18.0 Å². The van der Waals surface area contributed by atoms with Crippen molar-refractivity contribution in [2.24, 2.45) is 0 Å². The summed E-state index contributed by atoms with van der Waals surface area (Å²) in [4.78, 5) is 15.8. The van der Waals surface area contributed by atoms with Crippen molar-refractivity contribution in [3.63, 3.8) is 0 Å². The van der Waals surface area contributed by atoms with E-state index < -0.39 is 18.0 Å². The van der Waals surface area contributed by atoms with E-state index in [-0.39, 0.29) is 11.3 Å². The number of pyridine rings is 1. The van der Waals surface area contributed by atoms with Gasteiger partial charge < -0.3 is 10.1 Å². The van der Waals surface area contributed by atoms with Gasteiger partial charge in [0.15, 0.2) is 5.75 Å². The molecular formula is C13H8BrF3N2O2. The number of alkyl halides is 3. The number of benzene rings is 1. The topological polar surface area (TPSA) is 51.2 Å². The highest BCUT2D eigenvalue weighted by atomic mass is 79.9. The Hall–Kier alpha value is -2.09. The predicted octanol–water partition coefficient (Wildman–Crippen LogP) is 4.00. The van der Waals surface area contributed by atoms with Gasteiger partial charge in [-0.15, -0.1) is 13.2 Å². The maximum atomic E-state index is 12.3.